The number of piperidine rings is 1. The van der Waals surface area contributed by atoms with Gasteiger partial charge in [-0.3, -0.25) is 4.79 Å². The summed E-state index contributed by atoms with van der Waals surface area (Å²) in [7, 11) is 0. The minimum absolute atomic E-state index is 0.0257. The molecule has 0 unspecified atom stereocenters. The van der Waals surface area contributed by atoms with Crippen LogP contribution >= 0.6 is 0 Å². The first-order chi connectivity index (χ1) is 20.7. The van der Waals surface area contributed by atoms with E-state index >= 15 is 0 Å². The van der Waals surface area contributed by atoms with E-state index in [1.165, 1.54) is 11.1 Å². The Kier molecular flexibility index (Phi) is 9.84. The summed E-state index contributed by atoms with van der Waals surface area (Å²) in [6.07, 6.45) is 5.67. The normalized spacial score (nSPS) is 14.0. The third kappa shape index (κ3) is 8.97. The summed E-state index contributed by atoms with van der Waals surface area (Å²) >= 11 is 0. The van der Waals surface area contributed by atoms with Crippen LogP contribution in [0.1, 0.15) is 87.4 Å². The standard InChI is InChI=1S/C31H38N2O5.C6H4/c1-8-23-13-9-10-15-26(23)27(34)32-18-16-24(17-19-32)25-14-11-12-22(20-25)21-33(28(35)37-30(2,3)4)29(36)38-31(5,6)7;1-2-5-4-6(5)3-1/h1,9-15,20,24H,16-19,21H2,2-7H3;1-4H. The van der Waals surface area contributed by atoms with Crippen molar-refractivity contribution in [1.29, 1.82) is 0 Å². The average molecular weight is 595 g/mol. The lowest BCUT2D eigenvalue weighted by Crippen LogP contribution is -2.43. The van der Waals surface area contributed by atoms with Crippen LogP contribution in [-0.4, -0.2) is 52.2 Å². The molecular formula is C37H42N2O5. The minimum atomic E-state index is -0.759. The Morgan fingerprint density at radius 3 is 1.89 bits per heavy atom. The van der Waals surface area contributed by atoms with Crippen molar-refractivity contribution in [2.45, 2.75) is 78.0 Å². The second-order valence-electron chi connectivity index (χ2n) is 13.1. The van der Waals surface area contributed by atoms with Gasteiger partial charge in [-0.15, -0.1) is 6.42 Å². The highest BCUT2D eigenvalue weighted by Crippen LogP contribution is 2.33. The molecule has 2 aliphatic carbocycles. The number of imide groups is 1. The Morgan fingerprint density at radius 1 is 0.818 bits per heavy atom. The van der Waals surface area contributed by atoms with Gasteiger partial charge in [0.25, 0.3) is 5.91 Å². The van der Waals surface area contributed by atoms with Crippen LogP contribution in [0.2, 0.25) is 0 Å². The quantitative estimate of drug-likeness (QED) is 0.224. The van der Waals surface area contributed by atoms with Crippen LogP contribution < -0.4 is 0 Å². The van der Waals surface area contributed by atoms with Gasteiger partial charge in [0.15, 0.2) is 0 Å². The van der Waals surface area contributed by atoms with Crippen molar-refractivity contribution >= 4 is 18.1 Å². The highest BCUT2D eigenvalue weighted by Gasteiger charge is 2.32. The SMILES string of the molecule is C#Cc1ccccc1C(=O)N1CCC(c2cccc(CN(C(=O)OC(C)(C)C)C(=O)OC(C)(C)C)c2)CC1.c1cc2cc-2c1. The molecule has 0 N–H and O–H groups in total. The van der Waals surface area contributed by atoms with E-state index in [1.807, 2.05) is 41.3 Å². The summed E-state index contributed by atoms with van der Waals surface area (Å²) in [4.78, 5) is 41.7. The van der Waals surface area contributed by atoms with Crippen LogP contribution in [0.25, 0.3) is 11.1 Å². The Labute approximate surface area is 261 Å². The first kappa shape index (κ1) is 32.3. The lowest BCUT2D eigenvalue weighted by Gasteiger charge is -2.33. The van der Waals surface area contributed by atoms with Gasteiger partial charge in [-0.25, -0.2) is 14.5 Å². The molecule has 1 aliphatic heterocycles. The number of benzene rings is 3. The zero-order chi connectivity index (χ0) is 32.1. The molecule has 0 spiro atoms. The van der Waals surface area contributed by atoms with E-state index in [-0.39, 0.29) is 18.4 Å². The molecule has 0 aromatic heterocycles. The van der Waals surface area contributed by atoms with Gasteiger partial charge in [-0.05, 0) is 101 Å². The second-order valence-corrected chi connectivity index (χ2v) is 13.1. The maximum absolute atomic E-state index is 13.1. The molecule has 0 radical (unpaired) electrons. The molecule has 7 heteroatoms. The maximum Gasteiger partial charge on any atom is 0.420 e. The van der Waals surface area contributed by atoms with E-state index in [1.54, 1.807) is 53.7 Å². The van der Waals surface area contributed by atoms with Crippen LogP contribution in [0.4, 0.5) is 9.59 Å². The number of hydrogen-bond donors (Lipinski definition) is 0. The van der Waals surface area contributed by atoms with E-state index in [2.05, 4.69) is 30.2 Å². The van der Waals surface area contributed by atoms with E-state index in [4.69, 9.17) is 15.9 Å². The lowest BCUT2D eigenvalue weighted by molar-refractivity contribution is -0.000275. The monoisotopic (exact) mass is 594 g/mol. The number of terminal acetylenes is 1. The molecule has 7 nitrogen and oxygen atoms in total. The molecule has 3 amide bonds. The molecule has 0 saturated carbocycles. The topological polar surface area (TPSA) is 76.2 Å². The van der Waals surface area contributed by atoms with Crippen molar-refractivity contribution in [1.82, 2.24) is 9.80 Å². The molecule has 5 rings (SSSR count). The Balaban J connectivity index is 0.000000644. The molecule has 44 heavy (non-hydrogen) atoms. The number of carbonyl (C=O) groups excluding carboxylic acids is 3. The molecule has 1 fully saturated rings. The fraction of sp³-hybridized carbons (Fsp3) is 0.378. The van der Waals surface area contributed by atoms with Crippen LogP contribution in [-0.2, 0) is 16.0 Å². The lowest BCUT2D eigenvalue weighted by atomic mass is 9.88. The largest absolute Gasteiger partial charge is 0.443 e. The van der Waals surface area contributed by atoms with Gasteiger partial charge in [0.05, 0.1) is 12.1 Å². The fourth-order valence-electron chi connectivity index (χ4n) is 5.02. The van der Waals surface area contributed by atoms with E-state index in [9.17, 15) is 14.4 Å². The van der Waals surface area contributed by atoms with Crippen molar-refractivity contribution in [2.75, 3.05) is 13.1 Å². The summed E-state index contributed by atoms with van der Waals surface area (Å²) in [6, 6.07) is 23.5. The van der Waals surface area contributed by atoms with Crippen molar-refractivity contribution in [2.24, 2.45) is 0 Å². The summed E-state index contributed by atoms with van der Waals surface area (Å²) in [5.41, 5.74) is 4.39. The first-order valence-corrected chi connectivity index (χ1v) is 15.0. The summed E-state index contributed by atoms with van der Waals surface area (Å²) < 4.78 is 11.0. The average Bonchev–Trinajstić information content (AvgIpc) is 3.57. The third-order valence-electron chi connectivity index (χ3n) is 7.20. The van der Waals surface area contributed by atoms with Gasteiger partial charge >= 0.3 is 12.2 Å². The maximum atomic E-state index is 13.1. The van der Waals surface area contributed by atoms with Gasteiger partial charge < -0.3 is 14.4 Å². The Hall–Kier alpha value is -4.57. The number of amides is 3. The number of likely N-dealkylation sites (tertiary alicyclic amines) is 1. The van der Waals surface area contributed by atoms with E-state index in [0.29, 0.717) is 24.2 Å². The minimum Gasteiger partial charge on any atom is -0.443 e. The van der Waals surface area contributed by atoms with Gasteiger partial charge in [-0.1, -0.05) is 60.5 Å². The van der Waals surface area contributed by atoms with Crippen LogP contribution in [0, 0.1) is 12.3 Å². The zero-order valence-electron chi connectivity index (χ0n) is 26.6. The number of carbonyl (C=O) groups is 3. The van der Waals surface area contributed by atoms with Crippen molar-refractivity contribution in [3.8, 4) is 23.5 Å². The zero-order valence-corrected chi connectivity index (χ0v) is 26.6. The molecule has 0 bridgehead atoms. The summed E-state index contributed by atoms with van der Waals surface area (Å²) in [5, 5.41) is 0. The molecular weight excluding hydrogens is 552 g/mol. The highest BCUT2D eigenvalue weighted by atomic mass is 16.6. The molecule has 0 atom stereocenters. The third-order valence-corrected chi connectivity index (χ3v) is 7.20. The molecule has 3 aliphatic rings. The van der Waals surface area contributed by atoms with Crippen LogP contribution in [0.15, 0.2) is 72.8 Å². The molecule has 230 valence electrons. The van der Waals surface area contributed by atoms with Crippen LogP contribution in [0.3, 0.4) is 0 Å². The van der Waals surface area contributed by atoms with Gasteiger partial charge in [0.1, 0.15) is 11.2 Å². The smallest absolute Gasteiger partial charge is 0.420 e. The first-order valence-electron chi connectivity index (χ1n) is 15.0. The fourth-order valence-corrected chi connectivity index (χ4v) is 5.02. The van der Waals surface area contributed by atoms with Crippen molar-refractivity contribution in [3.05, 3.63) is 95.1 Å². The molecule has 2 aromatic carbocycles. The van der Waals surface area contributed by atoms with E-state index in [0.717, 1.165) is 28.9 Å². The van der Waals surface area contributed by atoms with Crippen molar-refractivity contribution in [3.63, 3.8) is 0 Å². The Morgan fingerprint density at radius 2 is 1.39 bits per heavy atom. The van der Waals surface area contributed by atoms with Gasteiger partial charge in [-0.2, -0.15) is 0 Å². The molecule has 1 heterocycles. The number of nitrogens with zero attached hydrogens (tertiary/aromatic N) is 2. The number of hydrogen-bond acceptors (Lipinski definition) is 5. The summed E-state index contributed by atoms with van der Waals surface area (Å²) in [5.74, 6) is 2.80. The van der Waals surface area contributed by atoms with Gasteiger partial charge in [0, 0.05) is 18.7 Å². The number of rotatable bonds is 4. The highest BCUT2D eigenvalue weighted by molar-refractivity contribution is 5.96. The van der Waals surface area contributed by atoms with Crippen molar-refractivity contribution < 1.29 is 23.9 Å². The Bertz CT molecular complexity index is 1500. The summed E-state index contributed by atoms with van der Waals surface area (Å²) in [6.45, 7) is 11.8. The number of ether oxygens (including phenoxy) is 2. The predicted molar refractivity (Wildman–Crippen MR) is 172 cm³/mol. The molecule has 1 saturated heterocycles. The second kappa shape index (κ2) is 13.4. The van der Waals surface area contributed by atoms with Gasteiger partial charge in [0.2, 0.25) is 0 Å². The van der Waals surface area contributed by atoms with E-state index < -0.39 is 23.4 Å². The molecule has 2 aromatic rings. The predicted octanol–water partition coefficient (Wildman–Crippen LogP) is 8.03. The van der Waals surface area contributed by atoms with Crippen LogP contribution in [0.5, 0.6) is 0 Å². The number of fused-ring (bicyclic) bond motifs is 1.